The van der Waals surface area contributed by atoms with Crippen LogP contribution in [0.5, 0.6) is 0 Å². The molecule has 0 aliphatic carbocycles. The highest BCUT2D eigenvalue weighted by Crippen LogP contribution is 2.38. The van der Waals surface area contributed by atoms with Crippen LogP contribution >= 0.6 is 0 Å². The second-order valence-electron chi connectivity index (χ2n) is 8.72. The van der Waals surface area contributed by atoms with Gasteiger partial charge in [0.1, 0.15) is 5.70 Å². The average molecular weight is 455 g/mol. The lowest BCUT2D eigenvalue weighted by molar-refractivity contribution is -0.121. The van der Waals surface area contributed by atoms with Gasteiger partial charge in [-0.25, -0.2) is 4.90 Å². The summed E-state index contributed by atoms with van der Waals surface area (Å²) in [6.45, 7) is 4.41. The van der Waals surface area contributed by atoms with Gasteiger partial charge in [-0.3, -0.25) is 14.4 Å². The summed E-state index contributed by atoms with van der Waals surface area (Å²) in [6, 6.07) is 20.5. The monoisotopic (exact) mass is 454 g/mol. The van der Waals surface area contributed by atoms with Crippen LogP contribution in [0.1, 0.15) is 12.5 Å². The molecule has 0 radical (unpaired) electrons. The Bertz CT molecular complexity index is 1320. The van der Waals surface area contributed by atoms with Crippen molar-refractivity contribution >= 4 is 45.4 Å². The van der Waals surface area contributed by atoms with Crippen LogP contribution in [0.2, 0.25) is 0 Å². The SMILES string of the molecule is CC(=O)Nc1ccc(C2=C(N3CCN(C)CC3)C(=O)N(c3cccc4ccccc34)C2=O)cc1. The Labute approximate surface area is 198 Å². The summed E-state index contributed by atoms with van der Waals surface area (Å²) in [4.78, 5) is 44.7. The molecule has 1 fully saturated rings. The second-order valence-corrected chi connectivity index (χ2v) is 8.72. The predicted molar refractivity (Wildman–Crippen MR) is 133 cm³/mol. The van der Waals surface area contributed by atoms with Crippen molar-refractivity contribution in [2.45, 2.75) is 6.92 Å². The molecule has 0 atom stereocenters. The average Bonchev–Trinajstić information content (AvgIpc) is 3.09. The van der Waals surface area contributed by atoms with Crippen LogP contribution in [0, 0.1) is 0 Å². The molecule has 2 aliphatic heterocycles. The van der Waals surface area contributed by atoms with E-state index in [0.29, 0.717) is 41.3 Å². The fourth-order valence-corrected chi connectivity index (χ4v) is 4.65. The minimum Gasteiger partial charge on any atom is -0.364 e. The summed E-state index contributed by atoms with van der Waals surface area (Å²) in [5.41, 5.74) is 2.73. The number of hydrogen-bond acceptors (Lipinski definition) is 5. The van der Waals surface area contributed by atoms with Crippen molar-refractivity contribution in [3.05, 3.63) is 78.0 Å². The van der Waals surface area contributed by atoms with Crippen LogP contribution in [-0.4, -0.2) is 60.7 Å². The molecule has 3 aromatic carbocycles. The van der Waals surface area contributed by atoms with Crippen LogP contribution < -0.4 is 10.2 Å². The number of nitrogens with one attached hydrogen (secondary N) is 1. The first-order valence-corrected chi connectivity index (χ1v) is 11.4. The van der Waals surface area contributed by atoms with Crippen molar-refractivity contribution in [3.8, 4) is 0 Å². The zero-order chi connectivity index (χ0) is 23.8. The van der Waals surface area contributed by atoms with E-state index in [1.165, 1.54) is 11.8 Å². The van der Waals surface area contributed by atoms with Crippen molar-refractivity contribution < 1.29 is 14.4 Å². The summed E-state index contributed by atoms with van der Waals surface area (Å²) in [7, 11) is 2.05. The number of rotatable bonds is 4. The number of piperazine rings is 1. The van der Waals surface area contributed by atoms with Crippen LogP contribution in [0.4, 0.5) is 11.4 Å². The first-order valence-electron chi connectivity index (χ1n) is 11.4. The molecule has 1 N–H and O–H groups in total. The maximum atomic E-state index is 13.9. The first-order chi connectivity index (χ1) is 16.4. The molecular weight excluding hydrogens is 428 g/mol. The molecule has 34 heavy (non-hydrogen) atoms. The fraction of sp³-hybridized carbons (Fsp3) is 0.222. The van der Waals surface area contributed by atoms with Crippen LogP contribution in [-0.2, 0) is 14.4 Å². The molecule has 3 amide bonds. The Morgan fingerprint density at radius 2 is 1.50 bits per heavy atom. The van der Waals surface area contributed by atoms with Gasteiger partial charge in [0, 0.05) is 44.2 Å². The molecule has 0 bridgehead atoms. The Balaban J connectivity index is 1.61. The lowest BCUT2D eigenvalue weighted by Gasteiger charge is -2.34. The van der Waals surface area contributed by atoms with Gasteiger partial charge in [-0.2, -0.15) is 0 Å². The Morgan fingerprint density at radius 1 is 0.824 bits per heavy atom. The Kier molecular flexibility index (Phi) is 5.63. The molecule has 2 aliphatic rings. The zero-order valence-electron chi connectivity index (χ0n) is 19.2. The molecule has 0 spiro atoms. The quantitative estimate of drug-likeness (QED) is 0.613. The summed E-state index contributed by atoms with van der Waals surface area (Å²) >= 11 is 0. The molecule has 2 heterocycles. The molecule has 0 saturated carbocycles. The normalized spacial score (nSPS) is 17.1. The van der Waals surface area contributed by atoms with E-state index in [0.717, 1.165) is 23.9 Å². The smallest absolute Gasteiger partial charge is 0.282 e. The third-order valence-corrected chi connectivity index (χ3v) is 6.38. The number of hydrogen-bond donors (Lipinski definition) is 1. The summed E-state index contributed by atoms with van der Waals surface area (Å²) < 4.78 is 0. The molecule has 5 rings (SSSR count). The molecule has 0 aromatic heterocycles. The van der Waals surface area contributed by atoms with E-state index in [1.807, 2.05) is 47.4 Å². The van der Waals surface area contributed by atoms with Gasteiger partial charge in [0.05, 0.1) is 11.3 Å². The van der Waals surface area contributed by atoms with E-state index >= 15 is 0 Å². The molecule has 7 heteroatoms. The highest BCUT2D eigenvalue weighted by molar-refractivity contribution is 6.46. The van der Waals surface area contributed by atoms with Crippen molar-refractivity contribution in [3.63, 3.8) is 0 Å². The van der Waals surface area contributed by atoms with E-state index in [9.17, 15) is 14.4 Å². The number of fused-ring (bicyclic) bond motifs is 1. The molecule has 3 aromatic rings. The summed E-state index contributed by atoms with van der Waals surface area (Å²) in [5.74, 6) is -0.797. The lowest BCUT2D eigenvalue weighted by atomic mass is 10.0. The van der Waals surface area contributed by atoms with Crippen molar-refractivity contribution in [2.75, 3.05) is 43.4 Å². The number of imide groups is 1. The third kappa shape index (κ3) is 3.84. The summed E-state index contributed by atoms with van der Waals surface area (Å²) in [5, 5.41) is 4.56. The minimum atomic E-state index is -0.331. The minimum absolute atomic E-state index is 0.167. The molecule has 7 nitrogen and oxygen atoms in total. The van der Waals surface area contributed by atoms with Crippen molar-refractivity contribution in [1.82, 2.24) is 9.80 Å². The van der Waals surface area contributed by atoms with Gasteiger partial charge in [0.2, 0.25) is 5.91 Å². The number of anilines is 2. The molecule has 0 unspecified atom stereocenters. The summed E-state index contributed by atoms with van der Waals surface area (Å²) in [6.07, 6.45) is 0. The van der Waals surface area contributed by atoms with Crippen LogP contribution in [0.25, 0.3) is 16.3 Å². The number of amides is 3. The van der Waals surface area contributed by atoms with Gasteiger partial charge < -0.3 is 15.1 Å². The number of carbonyl (C=O) groups is 3. The Hall–Kier alpha value is -3.97. The zero-order valence-corrected chi connectivity index (χ0v) is 19.2. The Morgan fingerprint density at radius 3 is 2.21 bits per heavy atom. The van der Waals surface area contributed by atoms with Gasteiger partial charge in [0.15, 0.2) is 0 Å². The molecule has 172 valence electrons. The van der Waals surface area contributed by atoms with Crippen molar-refractivity contribution in [2.24, 2.45) is 0 Å². The van der Waals surface area contributed by atoms with E-state index in [4.69, 9.17) is 0 Å². The largest absolute Gasteiger partial charge is 0.364 e. The highest BCUT2D eigenvalue weighted by atomic mass is 16.2. The first kappa shape index (κ1) is 21.9. The molecular formula is C27H26N4O3. The maximum absolute atomic E-state index is 13.9. The van der Waals surface area contributed by atoms with Crippen LogP contribution in [0.15, 0.2) is 72.4 Å². The van der Waals surface area contributed by atoms with Gasteiger partial charge in [0.25, 0.3) is 11.8 Å². The van der Waals surface area contributed by atoms with E-state index < -0.39 is 0 Å². The fourth-order valence-electron chi connectivity index (χ4n) is 4.65. The predicted octanol–water partition coefficient (Wildman–Crippen LogP) is 3.33. The maximum Gasteiger partial charge on any atom is 0.282 e. The van der Waals surface area contributed by atoms with Crippen LogP contribution in [0.3, 0.4) is 0 Å². The van der Waals surface area contributed by atoms with E-state index in [-0.39, 0.29) is 17.7 Å². The number of likely N-dealkylation sites (N-methyl/N-ethyl adjacent to an activating group) is 1. The number of benzene rings is 3. The standard InChI is InChI=1S/C27H26N4O3/c1-18(32)28-21-12-10-20(11-13-21)24-25(30-16-14-29(2)15-17-30)27(34)31(26(24)33)23-9-5-7-19-6-3-4-8-22(19)23/h3-13H,14-17H2,1-2H3,(H,28,32). The van der Waals surface area contributed by atoms with Gasteiger partial charge in [-0.05, 0) is 36.2 Å². The highest BCUT2D eigenvalue weighted by Gasteiger charge is 2.43. The van der Waals surface area contributed by atoms with Gasteiger partial charge in [-0.1, -0.05) is 48.5 Å². The van der Waals surface area contributed by atoms with Gasteiger partial charge >= 0.3 is 0 Å². The van der Waals surface area contributed by atoms with E-state index in [2.05, 4.69) is 17.3 Å². The molecule has 1 saturated heterocycles. The number of nitrogens with zero attached hydrogens (tertiary/aromatic N) is 3. The second kappa shape index (κ2) is 8.76. The number of carbonyl (C=O) groups excluding carboxylic acids is 3. The van der Waals surface area contributed by atoms with E-state index in [1.54, 1.807) is 24.3 Å². The third-order valence-electron chi connectivity index (χ3n) is 6.38. The topological polar surface area (TPSA) is 73.0 Å². The van der Waals surface area contributed by atoms with Crippen molar-refractivity contribution in [1.29, 1.82) is 0 Å². The lowest BCUT2D eigenvalue weighted by Crippen LogP contribution is -2.46. The van der Waals surface area contributed by atoms with Gasteiger partial charge in [-0.15, -0.1) is 0 Å².